The molecule has 3 aromatic carbocycles. The number of pyridine rings is 1. The lowest BCUT2D eigenvalue weighted by Crippen LogP contribution is -2.48. The zero-order valence-corrected chi connectivity index (χ0v) is 22.2. The van der Waals surface area contributed by atoms with Crippen LogP contribution in [-0.4, -0.2) is 32.6 Å². The lowest BCUT2D eigenvalue weighted by molar-refractivity contribution is -0.118. The molecule has 8 heteroatoms. The minimum atomic E-state index is -0.937. The van der Waals surface area contributed by atoms with Crippen molar-refractivity contribution in [2.24, 2.45) is 7.05 Å². The van der Waals surface area contributed by atoms with Crippen molar-refractivity contribution in [1.82, 2.24) is 20.1 Å². The Morgan fingerprint density at radius 1 is 0.825 bits per heavy atom. The quantitative estimate of drug-likeness (QED) is 0.271. The second kappa shape index (κ2) is 11.7. The standard InChI is InChI=1S/C32H29N5O3/c1-21-26(17-18-28(38)34-21)22-13-15-25(16-14-22)35-32(40)30(36-31(39)27-19-20-33-37(27)2)29(23-9-5-3-6-10-23)24-11-7-4-8-12-24/h3-20,29-30H,1-2H3,(H,34,38)(H,35,40)(H,36,39)/t30-/m0/s1. The van der Waals surface area contributed by atoms with Gasteiger partial charge in [-0.05, 0) is 47.9 Å². The van der Waals surface area contributed by atoms with Gasteiger partial charge in [0.2, 0.25) is 11.5 Å². The van der Waals surface area contributed by atoms with Gasteiger partial charge < -0.3 is 15.6 Å². The van der Waals surface area contributed by atoms with E-state index >= 15 is 0 Å². The van der Waals surface area contributed by atoms with Gasteiger partial charge in [-0.15, -0.1) is 0 Å². The number of carbonyl (C=O) groups is 2. The molecule has 0 spiro atoms. The Hall–Kier alpha value is -5.24. The van der Waals surface area contributed by atoms with Crippen LogP contribution in [0.4, 0.5) is 5.69 Å². The molecule has 3 N–H and O–H groups in total. The Morgan fingerprint density at radius 2 is 1.45 bits per heavy atom. The number of H-pyrrole nitrogens is 1. The number of nitrogens with one attached hydrogen (secondary N) is 3. The first-order valence-electron chi connectivity index (χ1n) is 12.9. The van der Waals surface area contributed by atoms with Crippen molar-refractivity contribution in [2.45, 2.75) is 18.9 Å². The molecule has 2 amide bonds. The maximum Gasteiger partial charge on any atom is 0.270 e. The fourth-order valence-electron chi connectivity index (χ4n) is 4.85. The Kier molecular flexibility index (Phi) is 7.68. The van der Waals surface area contributed by atoms with Crippen LogP contribution in [0, 0.1) is 6.92 Å². The third kappa shape index (κ3) is 5.76. The highest BCUT2D eigenvalue weighted by Crippen LogP contribution is 2.30. The monoisotopic (exact) mass is 531 g/mol. The van der Waals surface area contributed by atoms with Crippen molar-refractivity contribution >= 4 is 17.5 Å². The lowest BCUT2D eigenvalue weighted by Gasteiger charge is -2.28. The first kappa shape index (κ1) is 26.4. The second-order valence-corrected chi connectivity index (χ2v) is 9.52. The van der Waals surface area contributed by atoms with Gasteiger partial charge in [0.1, 0.15) is 11.7 Å². The Labute approximate surface area is 231 Å². The fraction of sp³-hybridized carbons (Fsp3) is 0.125. The first-order valence-corrected chi connectivity index (χ1v) is 12.9. The third-order valence-electron chi connectivity index (χ3n) is 6.85. The van der Waals surface area contributed by atoms with Gasteiger partial charge in [0, 0.05) is 42.2 Å². The number of carbonyl (C=O) groups excluding carboxylic acids is 2. The zero-order chi connectivity index (χ0) is 28.1. The highest BCUT2D eigenvalue weighted by molar-refractivity contribution is 6.01. The molecule has 0 bridgehead atoms. The number of anilines is 1. The van der Waals surface area contributed by atoms with E-state index in [-0.39, 0.29) is 11.5 Å². The second-order valence-electron chi connectivity index (χ2n) is 9.52. The van der Waals surface area contributed by atoms with Crippen LogP contribution in [0.2, 0.25) is 0 Å². The summed E-state index contributed by atoms with van der Waals surface area (Å²) in [5.41, 5.74) is 5.11. The normalized spacial score (nSPS) is 11.7. The number of nitrogens with zero attached hydrogens (tertiary/aromatic N) is 2. The highest BCUT2D eigenvalue weighted by Gasteiger charge is 2.33. The molecule has 200 valence electrons. The summed E-state index contributed by atoms with van der Waals surface area (Å²) >= 11 is 0. The minimum absolute atomic E-state index is 0.157. The molecule has 5 rings (SSSR count). The highest BCUT2D eigenvalue weighted by atomic mass is 16.2. The van der Waals surface area contributed by atoms with Crippen LogP contribution in [0.5, 0.6) is 0 Å². The molecule has 0 unspecified atom stereocenters. The summed E-state index contributed by atoms with van der Waals surface area (Å²) < 4.78 is 1.47. The van der Waals surface area contributed by atoms with Crippen molar-refractivity contribution < 1.29 is 9.59 Å². The lowest BCUT2D eigenvalue weighted by atomic mass is 9.84. The molecule has 8 nitrogen and oxygen atoms in total. The van der Waals surface area contributed by atoms with Crippen molar-refractivity contribution in [3.63, 3.8) is 0 Å². The molecule has 0 aliphatic rings. The molecule has 40 heavy (non-hydrogen) atoms. The molecule has 0 saturated heterocycles. The van der Waals surface area contributed by atoms with Crippen molar-refractivity contribution in [2.75, 3.05) is 5.32 Å². The number of hydrogen-bond acceptors (Lipinski definition) is 4. The smallest absolute Gasteiger partial charge is 0.270 e. The van der Waals surface area contributed by atoms with Crippen LogP contribution in [0.15, 0.2) is 114 Å². The van der Waals surface area contributed by atoms with Gasteiger partial charge in [0.15, 0.2) is 0 Å². The first-order chi connectivity index (χ1) is 19.4. The summed E-state index contributed by atoms with van der Waals surface area (Å²) in [7, 11) is 1.68. The summed E-state index contributed by atoms with van der Waals surface area (Å²) in [5, 5.41) is 10.1. The van der Waals surface area contributed by atoms with Crippen molar-refractivity contribution in [1.29, 1.82) is 0 Å². The van der Waals surface area contributed by atoms with Gasteiger partial charge in [-0.1, -0.05) is 72.8 Å². The predicted octanol–water partition coefficient (Wildman–Crippen LogP) is 4.65. The molecule has 0 saturated carbocycles. The van der Waals surface area contributed by atoms with Gasteiger partial charge in [-0.25, -0.2) is 0 Å². The van der Waals surface area contributed by atoms with E-state index in [0.29, 0.717) is 11.4 Å². The minimum Gasteiger partial charge on any atom is -0.338 e. The van der Waals surface area contributed by atoms with Gasteiger partial charge in [0.25, 0.3) is 5.91 Å². The van der Waals surface area contributed by atoms with Crippen LogP contribution in [0.25, 0.3) is 11.1 Å². The predicted molar refractivity (Wildman–Crippen MR) is 155 cm³/mol. The van der Waals surface area contributed by atoms with Crippen LogP contribution in [-0.2, 0) is 11.8 Å². The Balaban J connectivity index is 1.48. The maximum atomic E-state index is 13.9. The van der Waals surface area contributed by atoms with E-state index in [1.165, 1.54) is 10.7 Å². The number of hydrogen-bond donors (Lipinski definition) is 3. The largest absolute Gasteiger partial charge is 0.338 e. The van der Waals surface area contributed by atoms with E-state index in [9.17, 15) is 14.4 Å². The fourth-order valence-corrected chi connectivity index (χ4v) is 4.85. The zero-order valence-electron chi connectivity index (χ0n) is 22.2. The molecule has 2 aromatic heterocycles. The van der Waals surface area contributed by atoms with Gasteiger partial charge >= 0.3 is 0 Å². The molecule has 2 heterocycles. The molecule has 5 aromatic rings. The average molecular weight is 532 g/mol. The number of amides is 2. The summed E-state index contributed by atoms with van der Waals surface area (Å²) in [6.45, 7) is 1.84. The van der Waals surface area contributed by atoms with E-state index < -0.39 is 17.9 Å². The van der Waals surface area contributed by atoms with Crippen LogP contribution < -0.4 is 16.2 Å². The third-order valence-corrected chi connectivity index (χ3v) is 6.85. The maximum absolute atomic E-state index is 13.9. The van der Waals surface area contributed by atoms with E-state index in [2.05, 4.69) is 20.7 Å². The van der Waals surface area contributed by atoms with Crippen LogP contribution in [0.1, 0.15) is 33.2 Å². The SMILES string of the molecule is Cc1[nH]c(=O)ccc1-c1ccc(NC(=O)[C@@H](NC(=O)c2ccnn2C)C(c2ccccc2)c2ccccc2)cc1. The number of aryl methyl sites for hydroxylation is 2. The van der Waals surface area contributed by atoms with Crippen LogP contribution in [0.3, 0.4) is 0 Å². The topological polar surface area (TPSA) is 109 Å². The summed E-state index contributed by atoms with van der Waals surface area (Å²) in [6.07, 6.45) is 1.54. The molecular weight excluding hydrogens is 502 g/mol. The summed E-state index contributed by atoms with van der Waals surface area (Å²) in [4.78, 5) is 41.7. The Morgan fingerprint density at radius 3 is 2.00 bits per heavy atom. The van der Waals surface area contributed by atoms with E-state index in [1.807, 2.05) is 79.7 Å². The summed E-state index contributed by atoms with van der Waals surface area (Å²) in [5.74, 6) is -1.22. The number of benzene rings is 3. The molecule has 0 radical (unpaired) electrons. The van der Waals surface area contributed by atoms with Gasteiger partial charge in [0.05, 0.1) is 0 Å². The molecular formula is C32H29N5O3. The number of aromatic nitrogens is 3. The van der Waals surface area contributed by atoms with Crippen LogP contribution >= 0.6 is 0 Å². The van der Waals surface area contributed by atoms with Gasteiger partial charge in [-0.2, -0.15) is 5.10 Å². The van der Waals surface area contributed by atoms with E-state index in [1.54, 1.807) is 37.5 Å². The van der Waals surface area contributed by atoms with E-state index in [0.717, 1.165) is 27.9 Å². The van der Waals surface area contributed by atoms with Gasteiger partial charge in [-0.3, -0.25) is 19.1 Å². The molecule has 0 aliphatic heterocycles. The Bertz CT molecular complexity index is 1640. The molecule has 0 fully saturated rings. The number of rotatable bonds is 8. The molecule has 0 aliphatic carbocycles. The van der Waals surface area contributed by atoms with Crippen molar-refractivity contribution in [3.05, 3.63) is 142 Å². The summed E-state index contributed by atoms with van der Waals surface area (Å²) in [6, 6.07) is 30.6. The average Bonchev–Trinajstić information content (AvgIpc) is 3.40. The van der Waals surface area contributed by atoms with Crippen molar-refractivity contribution in [3.8, 4) is 11.1 Å². The molecule has 1 atom stereocenters. The number of aromatic amines is 1. The van der Waals surface area contributed by atoms with E-state index in [4.69, 9.17) is 0 Å².